The second-order valence-corrected chi connectivity index (χ2v) is 6.84. The van der Waals surface area contributed by atoms with Crippen LogP contribution in [0.25, 0.3) is 10.8 Å². The molecule has 0 saturated carbocycles. The van der Waals surface area contributed by atoms with Gasteiger partial charge in [0, 0.05) is 24.7 Å². The van der Waals surface area contributed by atoms with Crippen LogP contribution in [0.4, 0.5) is 0 Å². The van der Waals surface area contributed by atoms with Gasteiger partial charge in [-0.1, -0.05) is 37.3 Å². The van der Waals surface area contributed by atoms with Gasteiger partial charge in [-0.05, 0) is 41.5 Å². The van der Waals surface area contributed by atoms with Gasteiger partial charge in [-0.15, -0.1) is 0 Å². The van der Waals surface area contributed by atoms with E-state index >= 15 is 0 Å². The zero-order valence-corrected chi connectivity index (χ0v) is 16.1. The van der Waals surface area contributed by atoms with Crippen LogP contribution >= 0.6 is 0 Å². The smallest absolute Gasteiger partial charge is 0.254 e. The van der Waals surface area contributed by atoms with Crippen molar-refractivity contribution >= 4 is 16.7 Å². The quantitative estimate of drug-likeness (QED) is 0.628. The molecule has 0 atom stereocenters. The van der Waals surface area contributed by atoms with Gasteiger partial charge in [0.2, 0.25) is 6.79 Å². The van der Waals surface area contributed by atoms with Crippen LogP contribution in [0.2, 0.25) is 0 Å². The molecule has 0 aromatic heterocycles. The number of carbonyl (C=O) groups excluding carboxylic acids is 1. The van der Waals surface area contributed by atoms with Crippen molar-refractivity contribution in [1.82, 2.24) is 4.90 Å². The van der Waals surface area contributed by atoms with Gasteiger partial charge < -0.3 is 19.1 Å². The molecule has 1 amide bonds. The van der Waals surface area contributed by atoms with E-state index in [9.17, 15) is 4.79 Å². The average molecular weight is 377 g/mol. The van der Waals surface area contributed by atoms with Gasteiger partial charge in [0.15, 0.2) is 11.5 Å². The Labute approximate surface area is 164 Å². The van der Waals surface area contributed by atoms with Gasteiger partial charge in [-0.3, -0.25) is 4.79 Å². The fourth-order valence-electron chi connectivity index (χ4n) is 3.39. The topological polar surface area (TPSA) is 48.0 Å². The van der Waals surface area contributed by atoms with E-state index in [4.69, 9.17) is 14.2 Å². The van der Waals surface area contributed by atoms with Crippen molar-refractivity contribution in [3.63, 3.8) is 0 Å². The first-order chi connectivity index (χ1) is 13.7. The normalized spacial score (nSPS) is 12.2. The lowest BCUT2D eigenvalue weighted by Crippen LogP contribution is -2.26. The molecule has 5 heteroatoms. The molecule has 1 aliphatic heterocycles. The molecule has 0 saturated heterocycles. The molecule has 0 unspecified atom stereocenters. The minimum Gasteiger partial charge on any atom is -0.493 e. The van der Waals surface area contributed by atoms with Crippen molar-refractivity contribution in [3.8, 4) is 17.2 Å². The Morgan fingerprint density at radius 3 is 2.75 bits per heavy atom. The van der Waals surface area contributed by atoms with Gasteiger partial charge in [-0.25, -0.2) is 0 Å². The summed E-state index contributed by atoms with van der Waals surface area (Å²) in [5, 5.41) is 2.23. The predicted molar refractivity (Wildman–Crippen MR) is 108 cm³/mol. The van der Waals surface area contributed by atoms with Crippen LogP contribution in [-0.2, 0) is 6.54 Å². The van der Waals surface area contributed by atoms with Crippen molar-refractivity contribution in [2.45, 2.75) is 19.9 Å². The third kappa shape index (κ3) is 3.48. The zero-order valence-electron chi connectivity index (χ0n) is 16.1. The summed E-state index contributed by atoms with van der Waals surface area (Å²) in [6.45, 7) is 3.37. The minimum atomic E-state index is -0.0762. The van der Waals surface area contributed by atoms with Gasteiger partial charge in [0.1, 0.15) is 5.75 Å². The molecule has 1 aliphatic rings. The van der Waals surface area contributed by atoms with Crippen molar-refractivity contribution in [2.24, 2.45) is 0 Å². The van der Waals surface area contributed by atoms with Crippen LogP contribution in [0.15, 0.2) is 54.6 Å². The summed E-state index contributed by atoms with van der Waals surface area (Å²) < 4.78 is 16.7. The van der Waals surface area contributed by atoms with Gasteiger partial charge in [-0.2, -0.15) is 0 Å². The summed E-state index contributed by atoms with van der Waals surface area (Å²) in [7, 11) is 1.80. The average Bonchev–Trinajstić information content (AvgIpc) is 3.20. The summed E-state index contributed by atoms with van der Waals surface area (Å²) in [6.07, 6.45) is 0.929. The number of ether oxygens (including phenoxy) is 3. The lowest BCUT2D eigenvalue weighted by Gasteiger charge is -2.21. The first-order valence-electron chi connectivity index (χ1n) is 9.46. The van der Waals surface area contributed by atoms with Crippen LogP contribution in [0, 0.1) is 0 Å². The predicted octanol–water partition coefficient (Wildman–Crippen LogP) is 4.63. The van der Waals surface area contributed by atoms with E-state index in [1.807, 2.05) is 18.2 Å². The molecule has 0 bridgehead atoms. The van der Waals surface area contributed by atoms with Crippen LogP contribution in [0.3, 0.4) is 0 Å². The first kappa shape index (κ1) is 18.2. The monoisotopic (exact) mass is 377 g/mol. The Balaban J connectivity index is 1.63. The van der Waals surface area contributed by atoms with E-state index in [2.05, 4.69) is 25.1 Å². The van der Waals surface area contributed by atoms with E-state index in [0.717, 1.165) is 28.5 Å². The van der Waals surface area contributed by atoms with E-state index in [1.54, 1.807) is 30.1 Å². The Morgan fingerprint density at radius 1 is 1.07 bits per heavy atom. The largest absolute Gasteiger partial charge is 0.493 e. The van der Waals surface area contributed by atoms with Crippen LogP contribution < -0.4 is 14.2 Å². The first-order valence-corrected chi connectivity index (χ1v) is 9.46. The number of carbonyl (C=O) groups is 1. The summed E-state index contributed by atoms with van der Waals surface area (Å²) >= 11 is 0. The molecule has 0 aliphatic carbocycles. The maximum absolute atomic E-state index is 13.0. The molecule has 4 rings (SSSR count). The Hall–Kier alpha value is -3.21. The molecular formula is C23H23NO4. The molecule has 5 nitrogen and oxygen atoms in total. The number of amides is 1. The number of rotatable bonds is 6. The molecule has 0 fully saturated rings. The van der Waals surface area contributed by atoms with Crippen LogP contribution in [0.5, 0.6) is 17.2 Å². The molecule has 0 N–H and O–H groups in total. The highest BCUT2D eigenvalue weighted by Gasteiger charge is 2.20. The minimum absolute atomic E-state index is 0.0762. The molecule has 28 heavy (non-hydrogen) atoms. The molecule has 144 valence electrons. The van der Waals surface area contributed by atoms with Gasteiger partial charge in [0.25, 0.3) is 5.91 Å². The third-order valence-corrected chi connectivity index (χ3v) is 4.82. The number of hydrogen-bond acceptors (Lipinski definition) is 4. The Morgan fingerprint density at radius 2 is 1.89 bits per heavy atom. The Kier molecular flexibility index (Phi) is 5.06. The SMILES string of the molecule is CCCOc1ccc2ccccc2c1CN(C)C(=O)c1ccc2c(c1)OCO2. The number of fused-ring (bicyclic) bond motifs is 2. The van der Waals surface area contributed by atoms with Crippen LogP contribution in [0.1, 0.15) is 29.3 Å². The maximum Gasteiger partial charge on any atom is 0.254 e. The summed E-state index contributed by atoms with van der Waals surface area (Å²) in [5.74, 6) is 2.03. The van der Waals surface area contributed by atoms with E-state index in [-0.39, 0.29) is 12.7 Å². The number of nitrogens with zero attached hydrogens (tertiary/aromatic N) is 1. The lowest BCUT2D eigenvalue weighted by atomic mass is 10.0. The van der Waals surface area contributed by atoms with Gasteiger partial charge >= 0.3 is 0 Å². The third-order valence-electron chi connectivity index (χ3n) is 4.82. The van der Waals surface area contributed by atoms with Crippen molar-refractivity contribution < 1.29 is 19.0 Å². The van der Waals surface area contributed by atoms with E-state index in [1.165, 1.54) is 0 Å². The zero-order chi connectivity index (χ0) is 19.5. The Bertz CT molecular complexity index is 1010. The van der Waals surface area contributed by atoms with Crippen molar-refractivity contribution in [3.05, 3.63) is 65.7 Å². The van der Waals surface area contributed by atoms with Crippen LogP contribution in [-0.4, -0.2) is 31.3 Å². The standard InChI is InChI=1S/C23H23NO4/c1-3-12-26-20-10-8-16-6-4-5-7-18(16)19(20)14-24(2)23(25)17-9-11-21-22(13-17)28-15-27-21/h4-11,13H,3,12,14-15H2,1-2H3. The molecule has 3 aromatic rings. The number of hydrogen-bond donors (Lipinski definition) is 0. The van der Waals surface area contributed by atoms with Gasteiger partial charge in [0.05, 0.1) is 6.61 Å². The van der Waals surface area contributed by atoms with E-state index < -0.39 is 0 Å². The highest BCUT2D eigenvalue weighted by Crippen LogP contribution is 2.33. The van der Waals surface area contributed by atoms with E-state index in [0.29, 0.717) is 30.2 Å². The fraction of sp³-hybridized carbons (Fsp3) is 0.261. The highest BCUT2D eigenvalue weighted by molar-refractivity contribution is 5.95. The van der Waals surface area contributed by atoms with Crippen molar-refractivity contribution in [2.75, 3.05) is 20.4 Å². The summed E-state index contributed by atoms with van der Waals surface area (Å²) in [6, 6.07) is 17.5. The molecule has 3 aromatic carbocycles. The molecule has 0 radical (unpaired) electrons. The summed E-state index contributed by atoms with van der Waals surface area (Å²) in [5.41, 5.74) is 1.59. The lowest BCUT2D eigenvalue weighted by molar-refractivity contribution is 0.0784. The molecule has 1 heterocycles. The second-order valence-electron chi connectivity index (χ2n) is 6.84. The fourth-order valence-corrected chi connectivity index (χ4v) is 3.39. The highest BCUT2D eigenvalue weighted by atomic mass is 16.7. The van der Waals surface area contributed by atoms with Crippen molar-refractivity contribution in [1.29, 1.82) is 0 Å². The maximum atomic E-state index is 13.0. The molecular weight excluding hydrogens is 354 g/mol. The number of benzene rings is 3. The summed E-state index contributed by atoms with van der Waals surface area (Å²) in [4.78, 5) is 14.7. The molecule has 0 spiro atoms. The second kappa shape index (κ2) is 7.80.